The number of aliphatic carboxylic acids is 1. The Kier molecular flexibility index (Phi) is 7.61. The molecule has 0 radical (unpaired) electrons. The van der Waals surface area contributed by atoms with E-state index in [-0.39, 0.29) is 18.7 Å². The lowest BCUT2D eigenvalue weighted by Crippen LogP contribution is -2.24. The Bertz CT molecular complexity index is 776. The van der Waals surface area contributed by atoms with E-state index in [9.17, 15) is 14.0 Å². The van der Waals surface area contributed by atoms with Crippen LogP contribution in [0.4, 0.5) is 4.39 Å². The van der Waals surface area contributed by atoms with E-state index in [4.69, 9.17) is 14.6 Å². The zero-order valence-corrected chi connectivity index (χ0v) is 15.0. The molecule has 0 aliphatic heterocycles. The summed E-state index contributed by atoms with van der Waals surface area (Å²) in [5, 5.41) is 11.4. The monoisotopic (exact) mass is 375 g/mol. The van der Waals surface area contributed by atoms with Crippen LogP contribution >= 0.6 is 0 Å². The topological polar surface area (TPSA) is 84.9 Å². The molecule has 0 heterocycles. The molecular formula is C20H22FNO5. The lowest BCUT2D eigenvalue weighted by atomic mass is 10.1. The maximum Gasteiger partial charge on any atom is 0.303 e. The van der Waals surface area contributed by atoms with Crippen LogP contribution in [0.1, 0.15) is 24.0 Å². The third-order valence-electron chi connectivity index (χ3n) is 3.81. The van der Waals surface area contributed by atoms with Crippen molar-refractivity contribution in [3.05, 3.63) is 59.4 Å². The second-order valence-electron chi connectivity index (χ2n) is 5.90. The molecule has 7 heteroatoms. The van der Waals surface area contributed by atoms with Crippen molar-refractivity contribution < 1.29 is 28.6 Å². The zero-order chi connectivity index (χ0) is 19.6. The van der Waals surface area contributed by atoms with Gasteiger partial charge in [-0.05, 0) is 42.3 Å². The number of carboxylic acids is 1. The number of benzene rings is 2. The average molecular weight is 375 g/mol. The zero-order valence-electron chi connectivity index (χ0n) is 15.0. The summed E-state index contributed by atoms with van der Waals surface area (Å²) in [6.45, 7) is 0.660. The van der Waals surface area contributed by atoms with Crippen LogP contribution in [0.3, 0.4) is 0 Å². The van der Waals surface area contributed by atoms with Crippen molar-refractivity contribution in [1.29, 1.82) is 0 Å². The van der Waals surface area contributed by atoms with Gasteiger partial charge in [0, 0.05) is 18.5 Å². The van der Waals surface area contributed by atoms with Gasteiger partial charge >= 0.3 is 5.97 Å². The largest absolute Gasteiger partial charge is 0.496 e. The van der Waals surface area contributed by atoms with Gasteiger partial charge in [-0.25, -0.2) is 4.39 Å². The predicted octanol–water partition coefficient (Wildman–Crippen LogP) is 2.94. The average Bonchev–Trinajstić information content (AvgIpc) is 2.64. The van der Waals surface area contributed by atoms with Gasteiger partial charge in [0.1, 0.15) is 17.3 Å². The number of amides is 1. The van der Waals surface area contributed by atoms with Crippen LogP contribution < -0.4 is 14.8 Å². The number of ether oxygens (including phenoxy) is 2. The van der Waals surface area contributed by atoms with Gasteiger partial charge in [0.25, 0.3) is 0 Å². The maximum atomic E-state index is 13.3. The van der Waals surface area contributed by atoms with Gasteiger partial charge in [-0.15, -0.1) is 0 Å². The van der Waals surface area contributed by atoms with Gasteiger partial charge in [-0.1, -0.05) is 12.1 Å². The van der Waals surface area contributed by atoms with Crippen LogP contribution in [0, 0.1) is 5.82 Å². The quantitative estimate of drug-likeness (QED) is 0.624. The fourth-order valence-electron chi connectivity index (χ4n) is 2.44. The van der Waals surface area contributed by atoms with E-state index in [1.54, 1.807) is 12.1 Å². The van der Waals surface area contributed by atoms with Gasteiger partial charge < -0.3 is 19.9 Å². The summed E-state index contributed by atoms with van der Waals surface area (Å²) in [6.07, 6.45) is 0.530. The molecule has 2 aromatic carbocycles. The summed E-state index contributed by atoms with van der Waals surface area (Å²) in [5.41, 5.74) is 1.37. The smallest absolute Gasteiger partial charge is 0.303 e. The van der Waals surface area contributed by atoms with Gasteiger partial charge in [0.05, 0.1) is 20.1 Å². The molecule has 0 fully saturated rings. The molecule has 0 atom stereocenters. The molecule has 0 aliphatic rings. The molecule has 2 rings (SSSR count). The summed E-state index contributed by atoms with van der Waals surface area (Å²) in [5.74, 6) is -0.401. The van der Waals surface area contributed by atoms with Crippen molar-refractivity contribution in [2.24, 2.45) is 0 Å². The van der Waals surface area contributed by atoms with Crippen molar-refractivity contribution in [2.45, 2.75) is 25.8 Å². The molecule has 0 aromatic heterocycles. The Morgan fingerprint density at radius 2 is 1.89 bits per heavy atom. The molecule has 27 heavy (non-hydrogen) atoms. The highest BCUT2D eigenvalue weighted by Crippen LogP contribution is 2.20. The normalized spacial score (nSPS) is 10.3. The highest BCUT2D eigenvalue weighted by molar-refractivity contribution is 5.79. The van der Waals surface area contributed by atoms with Crippen LogP contribution in [-0.4, -0.2) is 30.7 Å². The number of carboxylic acid groups (broad SMARTS) is 1. The number of methoxy groups -OCH3 is 1. The minimum atomic E-state index is -0.847. The van der Waals surface area contributed by atoms with Crippen LogP contribution in [-0.2, 0) is 22.6 Å². The number of halogens is 1. The Morgan fingerprint density at radius 1 is 1.15 bits per heavy atom. The fraction of sp³-hybridized carbons (Fsp3) is 0.300. The Hall–Kier alpha value is -3.09. The van der Waals surface area contributed by atoms with E-state index in [1.165, 1.54) is 25.3 Å². The maximum absolute atomic E-state index is 13.3. The fourth-order valence-corrected chi connectivity index (χ4v) is 2.44. The van der Waals surface area contributed by atoms with Gasteiger partial charge in [0.2, 0.25) is 5.91 Å². The number of hydrogen-bond acceptors (Lipinski definition) is 4. The number of carbonyl (C=O) groups excluding carboxylic acids is 1. The van der Waals surface area contributed by atoms with Crippen molar-refractivity contribution in [1.82, 2.24) is 5.32 Å². The first-order valence-electron chi connectivity index (χ1n) is 8.50. The minimum absolute atomic E-state index is 0.0195. The third kappa shape index (κ3) is 6.97. The molecule has 6 nitrogen and oxygen atoms in total. The Labute approximate surface area is 156 Å². The summed E-state index contributed by atoms with van der Waals surface area (Å²) in [6, 6.07) is 11.2. The molecule has 0 unspecified atom stereocenters. The lowest BCUT2D eigenvalue weighted by Gasteiger charge is -2.10. The molecular weight excluding hydrogens is 353 g/mol. The van der Waals surface area contributed by atoms with Crippen molar-refractivity contribution in [3.8, 4) is 11.5 Å². The number of nitrogens with one attached hydrogen (secondary N) is 1. The molecule has 0 spiro atoms. The van der Waals surface area contributed by atoms with E-state index >= 15 is 0 Å². The first-order chi connectivity index (χ1) is 13.0. The standard InChI is InChI=1S/C20H22FNO5/c1-26-18-9-6-16(21)11-15(18)12-19(23)22-13-14-4-7-17(8-5-14)27-10-2-3-20(24)25/h4-9,11H,2-3,10,12-13H2,1H3,(H,22,23)(H,24,25). The van der Waals surface area contributed by atoms with E-state index in [2.05, 4.69) is 5.32 Å². The number of hydrogen-bond donors (Lipinski definition) is 2. The molecule has 2 aromatic rings. The third-order valence-corrected chi connectivity index (χ3v) is 3.81. The predicted molar refractivity (Wildman–Crippen MR) is 97.3 cm³/mol. The van der Waals surface area contributed by atoms with Crippen molar-refractivity contribution in [2.75, 3.05) is 13.7 Å². The molecule has 0 aliphatic carbocycles. The highest BCUT2D eigenvalue weighted by Gasteiger charge is 2.10. The second kappa shape index (κ2) is 10.2. The van der Waals surface area contributed by atoms with Crippen LogP contribution in [0.15, 0.2) is 42.5 Å². The van der Waals surface area contributed by atoms with Gasteiger partial charge in [-0.3, -0.25) is 9.59 Å². The summed E-state index contributed by atoms with van der Waals surface area (Å²) in [7, 11) is 1.47. The summed E-state index contributed by atoms with van der Waals surface area (Å²) >= 11 is 0. The summed E-state index contributed by atoms with van der Waals surface area (Å²) in [4.78, 5) is 22.5. The molecule has 0 saturated carbocycles. The van der Waals surface area contributed by atoms with E-state index in [0.29, 0.717) is 36.6 Å². The van der Waals surface area contributed by atoms with Crippen molar-refractivity contribution in [3.63, 3.8) is 0 Å². The molecule has 0 bridgehead atoms. The Balaban J connectivity index is 1.80. The summed E-state index contributed by atoms with van der Waals surface area (Å²) < 4.78 is 23.9. The van der Waals surface area contributed by atoms with E-state index < -0.39 is 11.8 Å². The first kappa shape index (κ1) is 20.2. The molecule has 1 amide bonds. The van der Waals surface area contributed by atoms with Crippen LogP contribution in [0.2, 0.25) is 0 Å². The second-order valence-corrected chi connectivity index (χ2v) is 5.90. The van der Waals surface area contributed by atoms with Gasteiger partial charge in [0.15, 0.2) is 0 Å². The minimum Gasteiger partial charge on any atom is -0.496 e. The first-order valence-corrected chi connectivity index (χ1v) is 8.50. The molecule has 144 valence electrons. The van der Waals surface area contributed by atoms with Crippen LogP contribution in [0.5, 0.6) is 11.5 Å². The SMILES string of the molecule is COc1ccc(F)cc1CC(=O)NCc1ccc(OCCCC(=O)O)cc1. The Morgan fingerprint density at radius 3 is 2.56 bits per heavy atom. The van der Waals surface area contributed by atoms with E-state index in [1.807, 2.05) is 12.1 Å². The number of rotatable bonds is 10. The lowest BCUT2D eigenvalue weighted by molar-refractivity contribution is -0.137. The highest BCUT2D eigenvalue weighted by atomic mass is 19.1. The molecule has 0 saturated heterocycles. The van der Waals surface area contributed by atoms with Crippen molar-refractivity contribution >= 4 is 11.9 Å². The van der Waals surface area contributed by atoms with Gasteiger partial charge in [-0.2, -0.15) is 0 Å². The van der Waals surface area contributed by atoms with Crippen LogP contribution in [0.25, 0.3) is 0 Å². The van der Waals surface area contributed by atoms with E-state index in [0.717, 1.165) is 5.56 Å². The number of carbonyl (C=O) groups is 2. The molecule has 2 N–H and O–H groups in total.